The Hall–Kier alpha value is -4.46. The van der Waals surface area contributed by atoms with Gasteiger partial charge in [-0.05, 0) is 50.5 Å². The number of hydrogen-bond donors (Lipinski definition) is 0. The van der Waals surface area contributed by atoms with Gasteiger partial charge in [0.15, 0.2) is 0 Å². The number of aromatic nitrogens is 2. The topological polar surface area (TPSA) is 49.6 Å². The van der Waals surface area contributed by atoms with Gasteiger partial charge in [0, 0.05) is 44.0 Å². The number of benzene rings is 4. The Labute approximate surface area is 294 Å². The average molecular weight is 806 g/mol. The molecular weight excluding hydrogens is 767 g/mol. The Morgan fingerprint density at radius 1 is 0.702 bits per heavy atom. The molecule has 0 aliphatic rings. The second-order valence-corrected chi connectivity index (χ2v) is 18.1. The van der Waals surface area contributed by atoms with Crippen LogP contribution in [0.15, 0.2) is 128 Å². The standard InChI is InChI=1S/C21H17N2.C21H22NSi.Ir/c1-21(2,18-6-4-3-5-7-18)19-12-13-23-20(14-19)17-10-8-16(15-22)9-11-17;1-16-10-12-18(13-11-16)20-14-19(17-8-6-5-7-9-17)21(15-22-20)23(2,3)4;/h3-10,12-14H,1-2H3;5-12,14-15H,1-4H3;/q2*-1;. The van der Waals surface area contributed by atoms with Gasteiger partial charge in [0.1, 0.15) is 0 Å². The summed E-state index contributed by atoms with van der Waals surface area (Å²) >= 11 is 0. The molecule has 0 saturated heterocycles. The number of aryl methyl sites for hydroxylation is 1. The molecule has 0 N–H and O–H groups in total. The Bertz CT molecular complexity index is 1940. The number of pyridine rings is 2. The molecule has 4 aromatic carbocycles. The van der Waals surface area contributed by atoms with E-state index in [4.69, 9.17) is 10.2 Å². The zero-order valence-electron chi connectivity index (χ0n) is 27.8. The largest absolute Gasteiger partial charge is 0.305 e. The molecule has 0 spiro atoms. The van der Waals surface area contributed by atoms with Crippen LogP contribution in [0.25, 0.3) is 33.6 Å². The molecule has 0 saturated carbocycles. The third-order valence-corrected chi connectivity index (χ3v) is 10.3. The zero-order chi connectivity index (χ0) is 32.7. The minimum absolute atomic E-state index is 0. The van der Waals surface area contributed by atoms with Crippen LogP contribution in [0.5, 0.6) is 0 Å². The summed E-state index contributed by atoms with van der Waals surface area (Å²) in [6.07, 6.45) is 3.92. The van der Waals surface area contributed by atoms with E-state index in [1.54, 1.807) is 12.1 Å². The summed E-state index contributed by atoms with van der Waals surface area (Å²) in [4.78, 5) is 9.19. The molecule has 0 atom stereocenters. The summed E-state index contributed by atoms with van der Waals surface area (Å²) in [5, 5.41) is 10.3. The molecule has 237 valence electrons. The maximum absolute atomic E-state index is 8.89. The minimum atomic E-state index is -1.47. The van der Waals surface area contributed by atoms with Crippen molar-refractivity contribution in [3.63, 3.8) is 0 Å². The first-order chi connectivity index (χ1) is 22.1. The summed E-state index contributed by atoms with van der Waals surface area (Å²) in [6.45, 7) is 13.6. The number of nitrogens with zero attached hydrogens (tertiary/aromatic N) is 3. The fraction of sp³-hybridized carbons (Fsp3) is 0.167. The molecule has 0 unspecified atom stereocenters. The molecule has 5 heteroatoms. The number of rotatable bonds is 6. The van der Waals surface area contributed by atoms with Crippen LogP contribution < -0.4 is 5.19 Å². The van der Waals surface area contributed by atoms with Crippen LogP contribution in [0.2, 0.25) is 19.6 Å². The van der Waals surface area contributed by atoms with Crippen molar-refractivity contribution in [3.8, 4) is 39.7 Å². The Morgan fingerprint density at radius 3 is 1.89 bits per heavy atom. The molecular formula is C42H39IrN3Si-2. The summed E-state index contributed by atoms with van der Waals surface area (Å²) in [6, 6.07) is 47.7. The van der Waals surface area contributed by atoms with Gasteiger partial charge in [-0.15, -0.1) is 65.2 Å². The molecule has 0 fully saturated rings. The van der Waals surface area contributed by atoms with Crippen molar-refractivity contribution in [1.29, 1.82) is 5.26 Å². The Morgan fingerprint density at radius 2 is 1.32 bits per heavy atom. The van der Waals surface area contributed by atoms with E-state index < -0.39 is 8.07 Å². The van der Waals surface area contributed by atoms with Crippen LogP contribution >= 0.6 is 0 Å². The second kappa shape index (κ2) is 15.4. The molecule has 6 aromatic rings. The van der Waals surface area contributed by atoms with Gasteiger partial charge in [0.25, 0.3) is 0 Å². The van der Waals surface area contributed by atoms with E-state index in [0.717, 1.165) is 22.5 Å². The van der Waals surface area contributed by atoms with Gasteiger partial charge in [0.2, 0.25) is 0 Å². The normalized spacial score (nSPS) is 11.0. The zero-order valence-corrected chi connectivity index (χ0v) is 31.2. The molecule has 0 amide bonds. The molecule has 0 aliphatic heterocycles. The molecule has 0 aliphatic carbocycles. The minimum Gasteiger partial charge on any atom is -0.305 e. The van der Waals surface area contributed by atoms with E-state index in [0.29, 0.717) is 5.56 Å². The maximum atomic E-state index is 8.89. The van der Waals surface area contributed by atoms with Crippen LogP contribution in [-0.2, 0) is 25.5 Å². The molecule has 47 heavy (non-hydrogen) atoms. The first kappa shape index (κ1) is 35.4. The number of hydrogen-bond acceptors (Lipinski definition) is 3. The first-order valence-electron chi connectivity index (χ1n) is 15.6. The van der Waals surface area contributed by atoms with E-state index in [1.807, 2.05) is 24.4 Å². The summed E-state index contributed by atoms with van der Waals surface area (Å²) in [5.41, 5.74) is 10.6. The molecule has 2 aromatic heterocycles. The predicted octanol–water partition coefficient (Wildman–Crippen LogP) is 9.81. The molecule has 2 heterocycles. The van der Waals surface area contributed by atoms with E-state index in [1.165, 1.54) is 33.0 Å². The van der Waals surface area contributed by atoms with Crippen LogP contribution in [0.4, 0.5) is 0 Å². The smallest absolute Gasteiger partial charge is 0.0803 e. The first-order valence-corrected chi connectivity index (χ1v) is 19.1. The van der Waals surface area contributed by atoms with Crippen molar-refractivity contribution in [2.24, 2.45) is 0 Å². The van der Waals surface area contributed by atoms with Crippen molar-refractivity contribution in [1.82, 2.24) is 9.97 Å². The van der Waals surface area contributed by atoms with Crippen LogP contribution in [-0.4, -0.2) is 18.0 Å². The van der Waals surface area contributed by atoms with Gasteiger partial charge < -0.3 is 9.97 Å². The van der Waals surface area contributed by atoms with E-state index in [-0.39, 0.29) is 25.5 Å². The number of nitriles is 1. The van der Waals surface area contributed by atoms with Crippen molar-refractivity contribution < 1.29 is 20.1 Å². The fourth-order valence-electron chi connectivity index (χ4n) is 5.36. The van der Waals surface area contributed by atoms with Gasteiger partial charge >= 0.3 is 0 Å². The molecule has 0 bridgehead atoms. The molecule has 3 nitrogen and oxygen atoms in total. The monoisotopic (exact) mass is 806 g/mol. The third kappa shape index (κ3) is 8.67. The van der Waals surface area contributed by atoms with Crippen molar-refractivity contribution in [2.75, 3.05) is 0 Å². The Kier molecular flexibility index (Phi) is 11.6. The van der Waals surface area contributed by atoms with Gasteiger partial charge in [-0.1, -0.05) is 113 Å². The quantitative estimate of drug-likeness (QED) is 0.125. The van der Waals surface area contributed by atoms with Crippen molar-refractivity contribution in [2.45, 2.75) is 45.8 Å². The fourth-order valence-corrected chi connectivity index (χ4v) is 6.84. The van der Waals surface area contributed by atoms with Crippen molar-refractivity contribution >= 4 is 13.3 Å². The van der Waals surface area contributed by atoms with Crippen LogP contribution in [0.3, 0.4) is 0 Å². The summed E-state index contributed by atoms with van der Waals surface area (Å²) in [5.74, 6) is 0. The SMILES string of the molecule is CC(C)(c1ccccc1)c1ccnc(-c2[c-]cc(C#N)cc2)c1.Cc1c[c-]c(-c2cc(-c3ccccc3)c([Si](C)(C)C)cn2)cc1.[Ir]. The summed E-state index contributed by atoms with van der Waals surface area (Å²) in [7, 11) is -1.47. The predicted molar refractivity (Wildman–Crippen MR) is 193 cm³/mol. The van der Waals surface area contributed by atoms with Gasteiger partial charge in [0.05, 0.1) is 8.07 Å². The third-order valence-electron chi connectivity index (χ3n) is 8.24. The molecule has 6 rings (SSSR count). The average Bonchev–Trinajstić information content (AvgIpc) is 3.09. The summed E-state index contributed by atoms with van der Waals surface area (Å²) < 4.78 is 0. The molecule has 1 radical (unpaired) electrons. The van der Waals surface area contributed by atoms with Gasteiger partial charge in [-0.25, -0.2) is 5.26 Å². The van der Waals surface area contributed by atoms with E-state index in [2.05, 4.69) is 155 Å². The van der Waals surface area contributed by atoms with Crippen LogP contribution in [0, 0.1) is 30.4 Å². The van der Waals surface area contributed by atoms with Crippen LogP contribution in [0.1, 0.15) is 36.1 Å². The van der Waals surface area contributed by atoms with Gasteiger partial charge in [-0.2, -0.15) is 0 Å². The van der Waals surface area contributed by atoms with Crippen molar-refractivity contribution in [3.05, 3.63) is 162 Å². The maximum Gasteiger partial charge on any atom is 0.0803 e. The van der Waals surface area contributed by atoms with Gasteiger partial charge in [-0.3, -0.25) is 0 Å². The second-order valence-electron chi connectivity index (χ2n) is 13.0. The van der Waals surface area contributed by atoms with E-state index >= 15 is 0 Å². The van der Waals surface area contributed by atoms with E-state index in [9.17, 15) is 0 Å². The Balaban J connectivity index is 0.000000208.